The number of fused-ring (bicyclic) bond motifs is 1. The van der Waals surface area contributed by atoms with E-state index in [4.69, 9.17) is 25.5 Å². The Morgan fingerprint density at radius 1 is 1.06 bits per heavy atom. The molecule has 32 heavy (non-hydrogen) atoms. The molecule has 0 radical (unpaired) electrons. The van der Waals surface area contributed by atoms with Crippen LogP contribution in [0.1, 0.15) is 0 Å². The molecule has 1 saturated heterocycles. The van der Waals surface area contributed by atoms with Crippen molar-refractivity contribution in [2.24, 2.45) is 0 Å². The van der Waals surface area contributed by atoms with Gasteiger partial charge in [-0.15, -0.1) is 0 Å². The number of ether oxygens (including phenoxy) is 2. The van der Waals surface area contributed by atoms with Crippen LogP contribution < -0.4 is 10.2 Å². The molecule has 2 aromatic carbocycles. The van der Waals surface area contributed by atoms with E-state index in [9.17, 15) is 34.7 Å². The average Bonchev–Trinajstić information content (AvgIpc) is 2.77. The van der Waals surface area contributed by atoms with E-state index in [2.05, 4.69) is 0 Å². The SMILES string of the molecule is O=c1c(O[C@@H]2O[C@H](CO)[C@H](O)[C@H](O)[C@H]2O)c(-c2ccc(Cl)c(F)c2)oc2cc(O)ccc12. The maximum absolute atomic E-state index is 14.1. The Hall–Kier alpha value is -2.73. The molecule has 0 spiro atoms. The molecule has 4 rings (SSSR count). The third-order valence-corrected chi connectivity index (χ3v) is 5.41. The second kappa shape index (κ2) is 8.66. The quantitative estimate of drug-likeness (QED) is 0.379. The van der Waals surface area contributed by atoms with Gasteiger partial charge in [0.1, 0.15) is 41.6 Å². The fourth-order valence-electron chi connectivity index (χ4n) is 3.38. The van der Waals surface area contributed by atoms with Crippen molar-refractivity contribution in [1.29, 1.82) is 0 Å². The molecule has 2 heterocycles. The van der Waals surface area contributed by atoms with Crippen molar-refractivity contribution < 1.29 is 43.8 Å². The zero-order valence-corrected chi connectivity index (χ0v) is 16.9. The molecule has 0 bridgehead atoms. The number of hydrogen-bond acceptors (Lipinski definition) is 9. The second-order valence-corrected chi connectivity index (χ2v) is 7.62. The van der Waals surface area contributed by atoms with Crippen LogP contribution in [0.25, 0.3) is 22.3 Å². The molecule has 5 N–H and O–H groups in total. The Bertz CT molecular complexity index is 1210. The van der Waals surface area contributed by atoms with Crippen LogP contribution in [0.5, 0.6) is 11.5 Å². The largest absolute Gasteiger partial charge is 0.508 e. The van der Waals surface area contributed by atoms with E-state index in [1.807, 2.05) is 0 Å². The molecule has 1 aliphatic rings. The molecule has 3 aromatic rings. The second-order valence-electron chi connectivity index (χ2n) is 7.21. The number of rotatable bonds is 4. The van der Waals surface area contributed by atoms with Gasteiger partial charge in [0.2, 0.25) is 17.5 Å². The minimum Gasteiger partial charge on any atom is -0.508 e. The topological polar surface area (TPSA) is 150 Å². The summed E-state index contributed by atoms with van der Waals surface area (Å²) in [7, 11) is 0. The normalized spacial score (nSPS) is 25.8. The van der Waals surface area contributed by atoms with Crippen molar-refractivity contribution in [3.63, 3.8) is 0 Å². The molecular formula is C21H18ClFO9. The summed E-state index contributed by atoms with van der Waals surface area (Å²) in [6, 6.07) is 7.30. The molecule has 11 heteroatoms. The Morgan fingerprint density at radius 3 is 2.50 bits per heavy atom. The van der Waals surface area contributed by atoms with Gasteiger partial charge in [-0.2, -0.15) is 0 Å². The number of phenolic OH excluding ortho intramolecular Hbond substituents is 1. The zero-order valence-electron chi connectivity index (χ0n) is 16.2. The molecule has 0 aliphatic carbocycles. The lowest BCUT2D eigenvalue weighted by Gasteiger charge is -2.39. The first-order valence-electron chi connectivity index (χ1n) is 9.43. The van der Waals surface area contributed by atoms with Crippen LogP contribution in [0, 0.1) is 5.82 Å². The summed E-state index contributed by atoms with van der Waals surface area (Å²) in [5.74, 6) is -1.74. The number of benzene rings is 2. The van der Waals surface area contributed by atoms with Crippen LogP contribution in [0.2, 0.25) is 5.02 Å². The van der Waals surface area contributed by atoms with Gasteiger partial charge in [0.05, 0.1) is 17.0 Å². The molecule has 1 aliphatic heterocycles. The van der Waals surface area contributed by atoms with Gasteiger partial charge in [0.25, 0.3) is 0 Å². The van der Waals surface area contributed by atoms with Gasteiger partial charge in [-0.1, -0.05) is 11.6 Å². The first-order chi connectivity index (χ1) is 15.2. The van der Waals surface area contributed by atoms with Crippen LogP contribution in [0.15, 0.2) is 45.6 Å². The predicted octanol–water partition coefficient (Wildman–Crippen LogP) is 1.14. The summed E-state index contributed by atoms with van der Waals surface area (Å²) < 4.78 is 30.7. The highest BCUT2D eigenvalue weighted by atomic mass is 35.5. The molecule has 0 saturated carbocycles. The lowest BCUT2D eigenvalue weighted by molar-refractivity contribution is -0.277. The van der Waals surface area contributed by atoms with E-state index in [0.717, 1.165) is 6.07 Å². The van der Waals surface area contributed by atoms with Gasteiger partial charge < -0.3 is 39.4 Å². The number of aliphatic hydroxyl groups is 4. The average molecular weight is 469 g/mol. The molecular weight excluding hydrogens is 451 g/mol. The molecule has 1 fully saturated rings. The minimum atomic E-state index is -1.79. The van der Waals surface area contributed by atoms with Crippen molar-refractivity contribution in [1.82, 2.24) is 0 Å². The van der Waals surface area contributed by atoms with Crippen LogP contribution in [-0.2, 0) is 4.74 Å². The molecule has 9 nitrogen and oxygen atoms in total. The van der Waals surface area contributed by atoms with E-state index in [0.29, 0.717) is 0 Å². The number of hydrogen-bond donors (Lipinski definition) is 5. The monoisotopic (exact) mass is 468 g/mol. The fraction of sp³-hybridized carbons (Fsp3) is 0.286. The number of aromatic hydroxyl groups is 1. The first kappa shape index (κ1) is 22.5. The summed E-state index contributed by atoms with van der Waals surface area (Å²) in [5.41, 5.74) is -0.719. The van der Waals surface area contributed by atoms with Crippen molar-refractivity contribution >= 4 is 22.6 Å². The third-order valence-electron chi connectivity index (χ3n) is 5.10. The van der Waals surface area contributed by atoms with Gasteiger partial charge in [0.15, 0.2) is 5.76 Å². The fourth-order valence-corrected chi connectivity index (χ4v) is 3.50. The Morgan fingerprint density at radius 2 is 1.81 bits per heavy atom. The minimum absolute atomic E-state index is 0.000533. The van der Waals surface area contributed by atoms with Crippen molar-refractivity contribution in [2.75, 3.05) is 6.61 Å². The van der Waals surface area contributed by atoms with E-state index in [1.54, 1.807) is 0 Å². The predicted molar refractivity (Wildman–Crippen MR) is 109 cm³/mol. The van der Waals surface area contributed by atoms with Crippen molar-refractivity contribution in [3.8, 4) is 22.8 Å². The van der Waals surface area contributed by atoms with Crippen LogP contribution >= 0.6 is 11.6 Å². The van der Waals surface area contributed by atoms with Crippen molar-refractivity contribution in [2.45, 2.75) is 30.7 Å². The molecule has 5 atom stereocenters. The molecule has 0 amide bonds. The number of halogens is 2. The highest BCUT2D eigenvalue weighted by molar-refractivity contribution is 6.30. The van der Waals surface area contributed by atoms with Crippen LogP contribution in [0.3, 0.4) is 0 Å². The molecule has 1 aromatic heterocycles. The van der Waals surface area contributed by atoms with Gasteiger partial charge in [-0.05, 0) is 30.3 Å². The van der Waals surface area contributed by atoms with Gasteiger partial charge in [-0.25, -0.2) is 4.39 Å². The van der Waals surface area contributed by atoms with E-state index >= 15 is 0 Å². The highest BCUT2D eigenvalue weighted by Gasteiger charge is 2.45. The maximum atomic E-state index is 14.1. The smallest absolute Gasteiger partial charge is 0.235 e. The van der Waals surface area contributed by atoms with Crippen molar-refractivity contribution in [3.05, 3.63) is 57.5 Å². The third kappa shape index (κ3) is 3.92. The lowest BCUT2D eigenvalue weighted by Crippen LogP contribution is -2.60. The Balaban J connectivity index is 1.87. The molecule has 0 unspecified atom stereocenters. The maximum Gasteiger partial charge on any atom is 0.235 e. The van der Waals surface area contributed by atoms with E-state index < -0.39 is 54.3 Å². The van der Waals surface area contributed by atoms with Gasteiger partial charge in [0, 0.05) is 11.6 Å². The summed E-state index contributed by atoms with van der Waals surface area (Å²) in [6.07, 6.45) is -8.13. The summed E-state index contributed by atoms with van der Waals surface area (Å²) in [5, 5.41) is 49.2. The van der Waals surface area contributed by atoms with Gasteiger partial charge >= 0.3 is 0 Å². The number of phenols is 1. The lowest BCUT2D eigenvalue weighted by atomic mass is 9.99. The van der Waals surface area contributed by atoms with Crippen LogP contribution in [0.4, 0.5) is 4.39 Å². The number of aliphatic hydroxyl groups excluding tert-OH is 4. The highest BCUT2D eigenvalue weighted by Crippen LogP contribution is 2.35. The van der Waals surface area contributed by atoms with Crippen LogP contribution in [-0.4, -0.2) is 62.8 Å². The Labute approximate surface area is 184 Å². The standard InChI is InChI=1S/C21H18ClFO9/c22-11-4-1-8(5-12(11)23)19-20(15(26)10-3-2-9(25)6-13(10)30-19)32-21-18(29)17(28)16(27)14(7-24)31-21/h1-6,14,16-18,21,24-25,27-29H,7H2/t14-,16+,17+,18-,21+/m1/s1. The summed E-state index contributed by atoms with van der Waals surface area (Å²) in [4.78, 5) is 13.2. The van der Waals surface area contributed by atoms with E-state index in [1.165, 1.54) is 30.3 Å². The summed E-state index contributed by atoms with van der Waals surface area (Å²) in [6.45, 7) is -0.703. The zero-order chi connectivity index (χ0) is 23.2. The van der Waals surface area contributed by atoms with E-state index in [-0.39, 0.29) is 33.1 Å². The summed E-state index contributed by atoms with van der Waals surface area (Å²) >= 11 is 5.73. The first-order valence-corrected chi connectivity index (χ1v) is 9.81. The Kier molecular flexibility index (Phi) is 6.08. The van der Waals surface area contributed by atoms with Gasteiger partial charge in [-0.3, -0.25) is 4.79 Å². The molecule has 170 valence electrons.